The van der Waals surface area contributed by atoms with Crippen molar-refractivity contribution in [3.63, 3.8) is 0 Å². The van der Waals surface area contributed by atoms with Gasteiger partial charge in [-0.1, -0.05) is 72.3 Å². The fraction of sp³-hybridized carbons (Fsp3) is 0.148. The van der Waals surface area contributed by atoms with Crippen LogP contribution in [-0.2, 0) is 16.6 Å². The molecule has 4 rings (SSSR count). The van der Waals surface area contributed by atoms with E-state index < -0.39 is 10.0 Å². The lowest BCUT2D eigenvalue weighted by Crippen LogP contribution is -2.34. The van der Waals surface area contributed by atoms with E-state index in [2.05, 4.69) is 15.0 Å². The number of Topliss-reactive ketones (excluding diaryl/α,β-unsaturated/α-hetero) is 1. The number of aryl methyl sites for hydroxylation is 1. The molecular weight excluding hydrogens is 462 g/mol. The van der Waals surface area contributed by atoms with Gasteiger partial charge in [0.05, 0.1) is 17.1 Å². The fourth-order valence-corrected chi connectivity index (χ4v) is 4.72. The van der Waals surface area contributed by atoms with Crippen LogP contribution in [0.1, 0.15) is 38.3 Å². The summed E-state index contributed by atoms with van der Waals surface area (Å²) in [6.45, 7) is 2.38. The average molecular weight is 488 g/mol. The van der Waals surface area contributed by atoms with Crippen LogP contribution in [0.15, 0.2) is 101 Å². The molecule has 0 saturated carbocycles. The highest BCUT2D eigenvalue weighted by Crippen LogP contribution is 2.19. The van der Waals surface area contributed by atoms with Crippen molar-refractivity contribution in [2.75, 3.05) is 6.54 Å². The van der Waals surface area contributed by atoms with Gasteiger partial charge in [0.15, 0.2) is 5.78 Å². The first-order chi connectivity index (χ1) is 16.8. The van der Waals surface area contributed by atoms with Crippen molar-refractivity contribution in [1.82, 2.24) is 10.0 Å². The van der Waals surface area contributed by atoms with Crippen molar-refractivity contribution in [3.8, 4) is 0 Å². The van der Waals surface area contributed by atoms with Crippen LogP contribution in [0.5, 0.6) is 0 Å². The molecule has 0 aromatic heterocycles. The average Bonchev–Trinajstić information content (AvgIpc) is 2.86. The summed E-state index contributed by atoms with van der Waals surface area (Å²) in [5, 5.41) is 2.98. The maximum atomic E-state index is 12.9. The lowest BCUT2D eigenvalue weighted by Gasteiger charge is -2.17. The van der Waals surface area contributed by atoms with Gasteiger partial charge in [0.25, 0.3) is 10.0 Å². The molecule has 1 aliphatic rings. The second-order valence-electron chi connectivity index (χ2n) is 8.14. The number of sulfonamides is 1. The smallest absolute Gasteiger partial charge is 0.262 e. The minimum Gasteiger partial charge on any atom is -0.381 e. The lowest BCUT2D eigenvalue weighted by atomic mass is 9.93. The third kappa shape index (κ3) is 5.91. The van der Waals surface area contributed by atoms with Gasteiger partial charge in [-0.3, -0.25) is 19.3 Å². The number of amidine groups is 1. The summed E-state index contributed by atoms with van der Waals surface area (Å²) in [7, 11) is -3.84. The first-order valence-corrected chi connectivity index (χ1v) is 12.6. The molecule has 2 N–H and O–H groups in total. The van der Waals surface area contributed by atoms with E-state index in [1.807, 2.05) is 37.3 Å². The van der Waals surface area contributed by atoms with Crippen molar-refractivity contribution in [1.29, 1.82) is 0 Å². The zero-order chi connectivity index (χ0) is 24.8. The Morgan fingerprint density at radius 1 is 0.857 bits per heavy atom. The van der Waals surface area contributed by atoms with E-state index in [1.165, 1.54) is 6.08 Å². The highest BCUT2D eigenvalue weighted by Gasteiger charge is 2.25. The van der Waals surface area contributed by atoms with Crippen LogP contribution in [-0.4, -0.2) is 32.4 Å². The van der Waals surface area contributed by atoms with E-state index in [-0.39, 0.29) is 41.0 Å². The van der Waals surface area contributed by atoms with Crippen molar-refractivity contribution >= 4 is 27.4 Å². The molecule has 0 aliphatic heterocycles. The van der Waals surface area contributed by atoms with E-state index in [1.54, 1.807) is 48.5 Å². The molecule has 0 amide bonds. The Morgan fingerprint density at radius 3 is 2.23 bits per heavy atom. The van der Waals surface area contributed by atoms with Crippen molar-refractivity contribution < 1.29 is 18.0 Å². The Balaban J connectivity index is 1.49. The molecule has 7 nitrogen and oxygen atoms in total. The summed E-state index contributed by atoms with van der Waals surface area (Å²) in [5.41, 5.74) is 2.78. The lowest BCUT2D eigenvalue weighted by molar-refractivity contribution is 0.0978. The number of hydrogen-bond donors (Lipinski definition) is 2. The van der Waals surface area contributed by atoms with Crippen LogP contribution in [0, 0.1) is 6.92 Å². The first-order valence-electron chi connectivity index (χ1n) is 11.1. The molecule has 0 heterocycles. The maximum absolute atomic E-state index is 12.9. The van der Waals surface area contributed by atoms with Crippen molar-refractivity contribution in [3.05, 3.63) is 113 Å². The number of benzene rings is 3. The minimum absolute atomic E-state index is 0.135. The molecule has 3 aromatic carbocycles. The highest BCUT2D eigenvalue weighted by molar-refractivity contribution is 7.90. The monoisotopic (exact) mass is 487 g/mol. The third-order valence-electron chi connectivity index (χ3n) is 5.51. The molecule has 8 heteroatoms. The molecule has 0 atom stereocenters. The molecule has 0 saturated heterocycles. The molecular formula is C27H25N3O4S. The van der Waals surface area contributed by atoms with Crippen molar-refractivity contribution in [2.45, 2.75) is 24.8 Å². The van der Waals surface area contributed by atoms with Crippen LogP contribution in [0.3, 0.4) is 0 Å². The number of nitrogens with one attached hydrogen (secondary N) is 2. The van der Waals surface area contributed by atoms with Crippen LogP contribution < -0.4 is 10.0 Å². The van der Waals surface area contributed by atoms with Gasteiger partial charge in [-0.05, 0) is 24.6 Å². The molecule has 0 bridgehead atoms. The quantitative estimate of drug-likeness (QED) is 0.371. The topological polar surface area (TPSA) is 105 Å². The van der Waals surface area contributed by atoms with Gasteiger partial charge >= 0.3 is 0 Å². The van der Waals surface area contributed by atoms with Gasteiger partial charge in [0.1, 0.15) is 5.84 Å². The highest BCUT2D eigenvalue weighted by atomic mass is 32.2. The minimum atomic E-state index is -3.84. The first kappa shape index (κ1) is 24.1. The summed E-state index contributed by atoms with van der Waals surface area (Å²) < 4.78 is 28.5. The number of aliphatic imine (C=N–C) groups is 1. The summed E-state index contributed by atoms with van der Waals surface area (Å²) in [6, 6.07) is 22.7. The molecule has 1 aliphatic carbocycles. The second-order valence-corrected chi connectivity index (χ2v) is 9.82. The number of allylic oxidation sites excluding steroid dienone is 2. The Labute approximate surface area is 204 Å². The molecule has 3 aromatic rings. The summed E-state index contributed by atoms with van der Waals surface area (Å²) in [4.78, 5) is 29.8. The zero-order valence-corrected chi connectivity index (χ0v) is 20.0. The molecule has 0 fully saturated rings. The summed E-state index contributed by atoms with van der Waals surface area (Å²) >= 11 is 0. The molecule has 178 valence electrons. The van der Waals surface area contributed by atoms with E-state index in [4.69, 9.17) is 0 Å². The predicted molar refractivity (Wildman–Crippen MR) is 135 cm³/mol. The van der Waals surface area contributed by atoms with Gasteiger partial charge in [-0.2, -0.15) is 0 Å². The summed E-state index contributed by atoms with van der Waals surface area (Å²) in [5.74, 6) is -0.276. The van der Waals surface area contributed by atoms with E-state index in [0.29, 0.717) is 17.7 Å². The molecule has 0 spiro atoms. The summed E-state index contributed by atoms with van der Waals surface area (Å²) in [6.07, 6.45) is 1.47. The zero-order valence-electron chi connectivity index (χ0n) is 19.2. The van der Waals surface area contributed by atoms with Gasteiger partial charge in [-0.15, -0.1) is 0 Å². The number of carbonyl (C=O) groups excluding carboxylic acids is 2. The Hall–Kier alpha value is -4.04. The third-order valence-corrected chi connectivity index (χ3v) is 6.91. The Kier molecular flexibility index (Phi) is 7.22. The molecule has 35 heavy (non-hydrogen) atoms. The molecule has 0 unspecified atom stereocenters. The SMILES string of the molecule is Cc1ccc(S(=O)(=O)NC(CCNC2=CC(=O)c3ccccc3C2=O)=NCc2ccccc2)cc1. The van der Waals surface area contributed by atoms with Gasteiger partial charge in [0, 0.05) is 30.2 Å². The van der Waals surface area contributed by atoms with Gasteiger partial charge in [-0.25, -0.2) is 8.42 Å². The largest absolute Gasteiger partial charge is 0.381 e. The van der Waals surface area contributed by atoms with Crippen LogP contribution in [0.4, 0.5) is 0 Å². The number of ketones is 2. The predicted octanol–water partition coefficient (Wildman–Crippen LogP) is 3.81. The Morgan fingerprint density at radius 2 is 1.51 bits per heavy atom. The number of fused-ring (bicyclic) bond motifs is 1. The van der Waals surface area contributed by atoms with E-state index >= 15 is 0 Å². The van der Waals surface area contributed by atoms with E-state index in [0.717, 1.165) is 11.1 Å². The van der Waals surface area contributed by atoms with Crippen molar-refractivity contribution in [2.24, 2.45) is 4.99 Å². The van der Waals surface area contributed by atoms with Crippen LogP contribution in [0.2, 0.25) is 0 Å². The van der Waals surface area contributed by atoms with Crippen LogP contribution in [0.25, 0.3) is 0 Å². The maximum Gasteiger partial charge on any atom is 0.262 e. The number of rotatable bonds is 8. The number of hydrogen-bond acceptors (Lipinski definition) is 6. The van der Waals surface area contributed by atoms with E-state index in [9.17, 15) is 18.0 Å². The number of nitrogens with zero attached hydrogens (tertiary/aromatic N) is 1. The second kappa shape index (κ2) is 10.5. The Bertz CT molecular complexity index is 1410. The van der Waals surface area contributed by atoms with Crippen LogP contribution >= 0.6 is 0 Å². The normalized spacial score (nSPS) is 13.7. The fourth-order valence-electron chi connectivity index (χ4n) is 3.63. The standard InChI is InChI=1S/C27H25N3O4S/c1-19-11-13-21(14-12-19)35(33,34)30-26(29-18-20-7-3-2-4-8-20)15-16-28-24-17-25(31)22-9-5-6-10-23(22)27(24)32/h2-14,17,28H,15-16,18H2,1H3,(H,29,30). The molecule has 0 radical (unpaired) electrons. The van der Waals surface area contributed by atoms with Gasteiger partial charge < -0.3 is 5.32 Å². The number of carbonyl (C=O) groups is 2. The van der Waals surface area contributed by atoms with Gasteiger partial charge in [0.2, 0.25) is 5.78 Å².